The van der Waals surface area contributed by atoms with E-state index in [1.165, 1.54) is 0 Å². The van der Waals surface area contributed by atoms with E-state index >= 15 is 0 Å². The van der Waals surface area contributed by atoms with Crippen LogP contribution in [-0.2, 0) is 0 Å². The van der Waals surface area contributed by atoms with Crippen molar-refractivity contribution in [2.75, 3.05) is 18.1 Å². The Morgan fingerprint density at radius 1 is 1.71 bits per heavy atom. The molecule has 0 aliphatic carbocycles. The number of hydrogen-bond acceptors (Lipinski definition) is 6. The van der Waals surface area contributed by atoms with Gasteiger partial charge in [-0.3, -0.25) is 0 Å². The maximum absolute atomic E-state index is 8.81. The van der Waals surface area contributed by atoms with E-state index in [1.807, 2.05) is 11.8 Å². The predicted octanol–water partition coefficient (Wildman–Crippen LogP) is 0.282. The lowest BCUT2D eigenvalue weighted by atomic mass is 10.1. The average Bonchev–Trinajstić information content (AvgIpc) is 2.86. The van der Waals surface area contributed by atoms with Crippen LogP contribution >= 0.6 is 11.8 Å². The third-order valence-electron chi connectivity index (χ3n) is 2.26. The Balaban J connectivity index is 2.08. The van der Waals surface area contributed by atoms with Crippen LogP contribution in [0, 0.1) is 0 Å². The minimum Gasteiger partial charge on any atom is -0.394 e. The van der Waals surface area contributed by atoms with E-state index in [2.05, 4.69) is 10.1 Å². The first-order valence-electron chi connectivity index (χ1n) is 4.59. The molecule has 2 unspecified atom stereocenters. The molecule has 6 heteroatoms. The minimum atomic E-state index is -0.526. The van der Waals surface area contributed by atoms with Crippen molar-refractivity contribution in [2.45, 2.75) is 18.4 Å². The summed E-state index contributed by atoms with van der Waals surface area (Å²) in [6, 6.07) is -0.526. The van der Waals surface area contributed by atoms with E-state index < -0.39 is 6.04 Å². The number of aliphatic hydroxyl groups is 1. The molecule has 0 amide bonds. The van der Waals surface area contributed by atoms with Crippen LogP contribution in [-0.4, -0.2) is 33.4 Å². The molecule has 2 atom stereocenters. The second-order valence-electron chi connectivity index (χ2n) is 3.34. The van der Waals surface area contributed by atoms with Crippen molar-refractivity contribution in [3.05, 3.63) is 11.7 Å². The summed E-state index contributed by atoms with van der Waals surface area (Å²) in [6.45, 7) is -0.154. The molecule has 0 saturated carbocycles. The van der Waals surface area contributed by atoms with E-state index in [0.717, 1.165) is 17.9 Å². The third-order valence-corrected chi connectivity index (χ3v) is 3.43. The van der Waals surface area contributed by atoms with Crippen LogP contribution in [0.15, 0.2) is 4.52 Å². The van der Waals surface area contributed by atoms with Crippen molar-refractivity contribution in [2.24, 2.45) is 5.73 Å². The highest BCUT2D eigenvalue weighted by Gasteiger charge is 2.24. The van der Waals surface area contributed by atoms with E-state index in [1.54, 1.807) is 0 Å². The van der Waals surface area contributed by atoms with Crippen LogP contribution in [0.1, 0.15) is 30.1 Å². The standard InChI is InChI=1S/C8H13N3O2S/c9-6(3-12)7-10-8(13-11-7)5-1-2-14-4-5/h5-6,12H,1-4,9H2. The molecule has 5 nitrogen and oxygen atoms in total. The molecule has 2 rings (SSSR count). The maximum atomic E-state index is 8.81. The largest absolute Gasteiger partial charge is 0.394 e. The number of hydrogen-bond donors (Lipinski definition) is 2. The van der Waals surface area contributed by atoms with Gasteiger partial charge in [0, 0.05) is 11.7 Å². The molecular weight excluding hydrogens is 202 g/mol. The average molecular weight is 215 g/mol. The number of nitrogens with zero attached hydrogens (tertiary/aromatic N) is 2. The zero-order valence-electron chi connectivity index (χ0n) is 7.72. The Hall–Kier alpha value is -0.590. The van der Waals surface area contributed by atoms with Crippen LogP contribution < -0.4 is 5.73 Å². The smallest absolute Gasteiger partial charge is 0.230 e. The zero-order valence-corrected chi connectivity index (χ0v) is 8.54. The molecule has 1 aliphatic rings. The normalized spacial score (nSPS) is 24.0. The number of nitrogens with two attached hydrogens (primary N) is 1. The summed E-state index contributed by atoms with van der Waals surface area (Å²) < 4.78 is 5.11. The molecule has 2 heterocycles. The van der Waals surface area contributed by atoms with Gasteiger partial charge in [-0.25, -0.2) is 0 Å². The van der Waals surface area contributed by atoms with E-state index in [0.29, 0.717) is 17.6 Å². The van der Waals surface area contributed by atoms with Gasteiger partial charge in [0.2, 0.25) is 5.89 Å². The van der Waals surface area contributed by atoms with Gasteiger partial charge in [0.1, 0.15) is 0 Å². The topological polar surface area (TPSA) is 85.2 Å². The van der Waals surface area contributed by atoms with Gasteiger partial charge in [-0.2, -0.15) is 16.7 Å². The Labute approximate surface area is 86.1 Å². The molecule has 14 heavy (non-hydrogen) atoms. The van der Waals surface area contributed by atoms with Crippen LogP contribution in [0.2, 0.25) is 0 Å². The molecule has 1 aromatic heterocycles. The zero-order chi connectivity index (χ0) is 9.97. The van der Waals surface area contributed by atoms with Crippen molar-refractivity contribution >= 4 is 11.8 Å². The second-order valence-corrected chi connectivity index (χ2v) is 4.49. The van der Waals surface area contributed by atoms with Gasteiger partial charge in [0.05, 0.1) is 12.6 Å². The highest BCUT2D eigenvalue weighted by Crippen LogP contribution is 2.31. The minimum absolute atomic E-state index is 0.154. The first-order chi connectivity index (χ1) is 6.81. The summed E-state index contributed by atoms with van der Waals surface area (Å²) in [5.41, 5.74) is 5.57. The Morgan fingerprint density at radius 2 is 2.57 bits per heavy atom. The van der Waals surface area contributed by atoms with Crippen molar-refractivity contribution < 1.29 is 9.63 Å². The van der Waals surface area contributed by atoms with E-state index in [4.69, 9.17) is 15.4 Å². The molecule has 0 bridgehead atoms. The lowest BCUT2D eigenvalue weighted by Gasteiger charge is -2.00. The fourth-order valence-electron chi connectivity index (χ4n) is 1.37. The molecule has 3 N–H and O–H groups in total. The SMILES string of the molecule is NC(CO)c1noc(C2CCSC2)n1. The van der Waals surface area contributed by atoms with Crippen molar-refractivity contribution in [3.63, 3.8) is 0 Å². The van der Waals surface area contributed by atoms with E-state index in [9.17, 15) is 0 Å². The maximum Gasteiger partial charge on any atom is 0.230 e. The molecule has 78 valence electrons. The molecule has 1 aliphatic heterocycles. The van der Waals surface area contributed by atoms with Gasteiger partial charge >= 0.3 is 0 Å². The molecule has 1 saturated heterocycles. The second kappa shape index (κ2) is 4.29. The van der Waals surface area contributed by atoms with Gasteiger partial charge in [0.25, 0.3) is 0 Å². The van der Waals surface area contributed by atoms with Crippen LogP contribution in [0.25, 0.3) is 0 Å². The van der Waals surface area contributed by atoms with E-state index in [-0.39, 0.29) is 6.61 Å². The third kappa shape index (κ3) is 1.92. The highest BCUT2D eigenvalue weighted by molar-refractivity contribution is 7.99. The summed E-state index contributed by atoms with van der Waals surface area (Å²) in [7, 11) is 0. The lowest BCUT2D eigenvalue weighted by Crippen LogP contribution is -2.16. The fourth-order valence-corrected chi connectivity index (χ4v) is 2.59. The fraction of sp³-hybridized carbons (Fsp3) is 0.750. The monoisotopic (exact) mass is 215 g/mol. The van der Waals surface area contributed by atoms with Gasteiger partial charge in [-0.05, 0) is 12.2 Å². The Kier molecular flexibility index (Phi) is 3.05. The number of rotatable bonds is 3. The van der Waals surface area contributed by atoms with Crippen LogP contribution in [0.4, 0.5) is 0 Å². The van der Waals surface area contributed by atoms with Crippen molar-refractivity contribution in [1.82, 2.24) is 10.1 Å². The van der Waals surface area contributed by atoms with Gasteiger partial charge < -0.3 is 15.4 Å². The summed E-state index contributed by atoms with van der Waals surface area (Å²) in [6.07, 6.45) is 1.08. The summed E-state index contributed by atoms with van der Waals surface area (Å²) in [5.74, 6) is 3.62. The van der Waals surface area contributed by atoms with Crippen LogP contribution in [0.5, 0.6) is 0 Å². The summed E-state index contributed by atoms with van der Waals surface area (Å²) >= 11 is 1.89. The van der Waals surface area contributed by atoms with Gasteiger partial charge in [-0.1, -0.05) is 5.16 Å². The summed E-state index contributed by atoms with van der Waals surface area (Å²) in [5, 5.41) is 12.6. The van der Waals surface area contributed by atoms with Gasteiger partial charge in [-0.15, -0.1) is 0 Å². The van der Waals surface area contributed by atoms with Crippen LogP contribution in [0.3, 0.4) is 0 Å². The first kappa shape index (κ1) is 9.95. The molecule has 0 radical (unpaired) electrons. The molecular formula is C8H13N3O2S. The van der Waals surface area contributed by atoms with Crippen molar-refractivity contribution in [1.29, 1.82) is 0 Å². The molecule has 0 spiro atoms. The lowest BCUT2D eigenvalue weighted by molar-refractivity contribution is 0.259. The number of aliphatic hydroxyl groups excluding tert-OH is 1. The molecule has 0 aromatic carbocycles. The molecule has 1 fully saturated rings. The summed E-state index contributed by atoms with van der Waals surface area (Å²) in [4.78, 5) is 4.19. The Morgan fingerprint density at radius 3 is 3.21 bits per heavy atom. The van der Waals surface area contributed by atoms with Gasteiger partial charge in [0.15, 0.2) is 5.82 Å². The first-order valence-corrected chi connectivity index (χ1v) is 5.74. The number of aromatic nitrogens is 2. The predicted molar refractivity (Wildman–Crippen MR) is 53.0 cm³/mol. The highest BCUT2D eigenvalue weighted by atomic mass is 32.2. The quantitative estimate of drug-likeness (QED) is 0.753. The van der Waals surface area contributed by atoms with Crippen molar-refractivity contribution in [3.8, 4) is 0 Å². The number of thioether (sulfide) groups is 1. The Bertz CT molecular complexity index is 299. The molecule has 1 aromatic rings.